The van der Waals surface area contributed by atoms with Gasteiger partial charge in [-0.15, -0.1) is 0 Å². The molecule has 180 valence electrons. The Morgan fingerprint density at radius 2 is 1.97 bits per heavy atom. The van der Waals surface area contributed by atoms with Gasteiger partial charge in [0.1, 0.15) is 17.5 Å². The van der Waals surface area contributed by atoms with Gasteiger partial charge in [-0.3, -0.25) is 9.59 Å². The number of carbonyl (C=O) groups is 2. The fraction of sp³-hybridized carbons (Fsp3) is 0.250. The number of nitrogens with zero attached hydrogens (tertiary/aromatic N) is 3. The minimum absolute atomic E-state index is 0.0366. The SMILES string of the molecule is Cc1cc(OC2CCNCC2)ccc1N(C(=O)c1[nH]cnc1C(N)=O)c1nc2ccc(Cl)cc2[nH]1. The number of piperidine rings is 1. The molecular weight excluding hydrogens is 470 g/mol. The summed E-state index contributed by atoms with van der Waals surface area (Å²) in [5, 5.41) is 3.86. The summed E-state index contributed by atoms with van der Waals surface area (Å²) in [7, 11) is 0. The zero-order chi connectivity index (χ0) is 24.5. The molecule has 2 amide bonds. The third-order valence-corrected chi connectivity index (χ3v) is 6.17. The minimum Gasteiger partial charge on any atom is -0.490 e. The molecule has 0 spiro atoms. The molecule has 1 aliphatic rings. The molecule has 2 aromatic carbocycles. The second-order valence-corrected chi connectivity index (χ2v) is 8.80. The summed E-state index contributed by atoms with van der Waals surface area (Å²) in [6.07, 6.45) is 3.26. The number of nitrogens with one attached hydrogen (secondary N) is 3. The topological polar surface area (TPSA) is 142 Å². The highest BCUT2D eigenvalue weighted by molar-refractivity contribution is 6.31. The maximum atomic E-state index is 13.8. The third-order valence-electron chi connectivity index (χ3n) is 5.93. The van der Waals surface area contributed by atoms with Gasteiger partial charge in [-0.2, -0.15) is 0 Å². The van der Waals surface area contributed by atoms with Crippen molar-refractivity contribution in [2.75, 3.05) is 18.0 Å². The predicted octanol–water partition coefficient (Wildman–Crippen LogP) is 3.46. The molecular formula is C24H24ClN7O3. The molecule has 0 aliphatic carbocycles. The van der Waals surface area contributed by atoms with Crippen molar-refractivity contribution in [2.45, 2.75) is 25.9 Å². The molecule has 10 nitrogen and oxygen atoms in total. The summed E-state index contributed by atoms with van der Waals surface area (Å²) in [4.78, 5) is 41.4. The molecule has 5 N–H and O–H groups in total. The summed E-state index contributed by atoms with van der Waals surface area (Å²) < 4.78 is 6.16. The van der Waals surface area contributed by atoms with E-state index in [0.29, 0.717) is 21.7 Å². The van der Waals surface area contributed by atoms with Gasteiger partial charge in [0.05, 0.1) is 23.0 Å². The van der Waals surface area contributed by atoms with E-state index in [1.807, 2.05) is 19.1 Å². The van der Waals surface area contributed by atoms with E-state index in [-0.39, 0.29) is 23.4 Å². The molecule has 4 aromatic rings. The number of anilines is 2. The van der Waals surface area contributed by atoms with Crippen molar-refractivity contribution >= 4 is 46.1 Å². The Bertz CT molecular complexity index is 1410. The van der Waals surface area contributed by atoms with Crippen LogP contribution in [0.25, 0.3) is 11.0 Å². The first-order valence-corrected chi connectivity index (χ1v) is 11.6. The normalized spacial score (nSPS) is 14.2. The second kappa shape index (κ2) is 9.40. The van der Waals surface area contributed by atoms with Gasteiger partial charge in [-0.1, -0.05) is 11.6 Å². The summed E-state index contributed by atoms with van der Waals surface area (Å²) >= 11 is 6.14. The molecule has 11 heteroatoms. The average Bonchev–Trinajstić information content (AvgIpc) is 3.48. The van der Waals surface area contributed by atoms with E-state index in [1.165, 1.54) is 11.2 Å². The highest BCUT2D eigenvalue weighted by Gasteiger charge is 2.29. The first-order valence-electron chi connectivity index (χ1n) is 11.2. The van der Waals surface area contributed by atoms with Crippen molar-refractivity contribution in [3.63, 3.8) is 0 Å². The van der Waals surface area contributed by atoms with Crippen LogP contribution < -0.4 is 20.7 Å². The van der Waals surface area contributed by atoms with Gasteiger partial charge < -0.3 is 25.8 Å². The zero-order valence-corrected chi connectivity index (χ0v) is 19.7. The van der Waals surface area contributed by atoms with E-state index in [1.54, 1.807) is 24.3 Å². The largest absolute Gasteiger partial charge is 0.490 e. The number of ether oxygens (including phenoxy) is 1. The molecule has 5 rings (SSSR count). The standard InChI is InChI=1S/C24H24ClN7O3/c1-13-10-16(35-15-6-8-27-9-7-15)3-5-19(13)32(23(34)21-20(22(26)33)28-12-29-21)24-30-17-4-2-14(25)11-18(17)31-24/h2-5,10-12,15,27H,6-9H2,1H3,(H2,26,33)(H,28,29)(H,30,31). The number of hydrogen-bond acceptors (Lipinski definition) is 6. The Hall–Kier alpha value is -3.89. The first-order chi connectivity index (χ1) is 16.9. The van der Waals surface area contributed by atoms with Crippen molar-refractivity contribution < 1.29 is 14.3 Å². The van der Waals surface area contributed by atoms with Gasteiger partial charge in [0.15, 0.2) is 5.69 Å². The predicted molar refractivity (Wildman–Crippen MR) is 132 cm³/mol. The van der Waals surface area contributed by atoms with Crippen LogP contribution in [-0.4, -0.2) is 50.9 Å². The number of aromatic nitrogens is 4. The summed E-state index contributed by atoms with van der Waals surface area (Å²) in [5.74, 6) is -0.376. The third kappa shape index (κ3) is 4.58. The molecule has 3 heterocycles. The van der Waals surface area contributed by atoms with Crippen LogP contribution >= 0.6 is 11.6 Å². The lowest BCUT2D eigenvalue weighted by Gasteiger charge is -2.25. The number of H-pyrrole nitrogens is 2. The van der Waals surface area contributed by atoms with Crippen LogP contribution in [0.15, 0.2) is 42.7 Å². The van der Waals surface area contributed by atoms with Crippen molar-refractivity contribution in [3.05, 3.63) is 64.7 Å². The van der Waals surface area contributed by atoms with E-state index < -0.39 is 11.8 Å². The van der Waals surface area contributed by atoms with Crippen LogP contribution in [0.3, 0.4) is 0 Å². The van der Waals surface area contributed by atoms with Crippen LogP contribution in [0.4, 0.5) is 11.6 Å². The van der Waals surface area contributed by atoms with Gasteiger partial charge in [0.25, 0.3) is 11.8 Å². The van der Waals surface area contributed by atoms with Crippen molar-refractivity contribution in [3.8, 4) is 5.75 Å². The Kier molecular flexibility index (Phi) is 6.14. The van der Waals surface area contributed by atoms with E-state index in [0.717, 1.165) is 37.2 Å². The van der Waals surface area contributed by atoms with Crippen LogP contribution in [0.2, 0.25) is 5.02 Å². The van der Waals surface area contributed by atoms with Crippen molar-refractivity contribution in [2.24, 2.45) is 5.73 Å². The Morgan fingerprint density at radius 3 is 2.71 bits per heavy atom. The highest BCUT2D eigenvalue weighted by Crippen LogP contribution is 2.33. The Morgan fingerprint density at radius 1 is 1.17 bits per heavy atom. The Balaban J connectivity index is 1.57. The van der Waals surface area contributed by atoms with E-state index in [4.69, 9.17) is 22.1 Å². The number of imidazole rings is 2. The lowest BCUT2D eigenvalue weighted by molar-refractivity contribution is 0.0961. The number of carbonyl (C=O) groups excluding carboxylic acids is 2. The first kappa shape index (κ1) is 22.9. The van der Waals surface area contributed by atoms with Gasteiger partial charge >= 0.3 is 0 Å². The van der Waals surface area contributed by atoms with Crippen molar-refractivity contribution in [1.82, 2.24) is 25.3 Å². The van der Waals surface area contributed by atoms with E-state index in [9.17, 15) is 9.59 Å². The van der Waals surface area contributed by atoms with Gasteiger partial charge in [0, 0.05) is 5.02 Å². The van der Waals surface area contributed by atoms with E-state index >= 15 is 0 Å². The lowest BCUT2D eigenvalue weighted by atomic mass is 10.1. The maximum absolute atomic E-state index is 13.8. The number of fused-ring (bicyclic) bond motifs is 1. The molecule has 35 heavy (non-hydrogen) atoms. The number of amides is 2. The van der Waals surface area contributed by atoms with E-state index in [2.05, 4.69) is 25.3 Å². The molecule has 0 radical (unpaired) electrons. The molecule has 0 saturated carbocycles. The van der Waals surface area contributed by atoms with Gasteiger partial charge in [-0.05, 0) is 74.8 Å². The number of aryl methyl sites for hydroxylation is 1. The fourth-order valence-corrected chi connectivity index (χ4v) is 4.38. The molecule has 0 unspecified atom stereocenters. The molecule has 1 saturated heterocycles. The summed E-state index contributed by atoms with van der Waals surface area (Å²) in [6, 6.07) is 10.7. The van der Waals surface area contributed by atoms with Crippen LogP contribution in [0.5, 0.6) is 5.75 Å². The number of primary amides is 1. The maximum Gasteiger partial charge on any atom is 0.284 e. The number of rotatable bonds is 6. The summed E-state index contributed by atoms with van der Waals surface area (Å²) in [5.41, 5.74) is 7.88. The van der Waals surface area contributed by atoms with Crippen molar-refractivity contribution in [1.29, 1.82) is 0 Å². The average molecular weight is 494 g/mol. The number of aromatic amines is 2. The van der Waals surface area contributed by atoms with Gasteiger partial charge in [-0.25, -0.2) is 14.9 Å². The molecule has 0 bridgehead atoms. The number of nitrogens with two attached hydrogens (primary N) is 1. The monoisotopic (exact) mass is 493 g/mol. The fourth-order valence-electron chi connectivity index (χ4n) is 4.21. The number of benzene rings is 2. The smallest absolute Gasteiger partial charge is 0.284 e. The minimum atomic E-state index is -0.812. The van der Waals surface area contributed by atoms with Crippen LogP contribution in [-0.2, 0) is 0 Å². The molecule has 1 aliphatic heterocycles. The summed E-state index contributed by atoms with van der Waals surface area (Å²) in [6.45, 7) is 3.73. The molecule has 2 aromatic heterocycles. The zero-order valence-electron chi connectivity index (χ0n) is 19.0. The highest BCUT2D eigenvalue weighted by atomic mass is 35.5. The van der Waals surface area contributed by atoms with Crippen LogP contribution in [0.1, 0.15) is 39.4 Å². The molecule has 0 atom stereocenters. The lowest BCUT2D eigenvalue weighted by Crippen LogP contribution is -2.34. The second-order valence-electron chi connectivity index (χ2n) is 8.37. The number of hydrogen-bond donors (Lipinski definition) is 4. The Labute approximate surface area is 205 Å². The van der Waals surface area contributed by atoms with Gasteiger partial charge in [0.2, 0.25) is 5.95 Å². The van der Waals surface area contributed by atoms with Crippen LogP contribution in [0, 0.1) is 6.92 Å². The molecule has 1 fully saturated rings. The number of halogens is 1. The quantitative estimate of drug-likeness (QED) is 0.324.